The Hall–Kier alpha value is -0.570. The zero-order chi connectivity index (χ0) is 12.5. The largest absolute Gasteiger partial charge is 0.466 e. The molecule has 2 aliphatic carbocycles. The van der Waals surface area contributed by atoms with Gasteiger partial charge in [-0.15, -0.1) is 0 Å². The van der Waals surface area contributed by atoms with E-state index in [9.17, 15) is 4.79 Å². The topological polar surface area (TPSA) is 38.3 Å². The molecule has 2 rings (SSSR count). The number of esters is 1. The average molecular weight is 239 g/mol. The number of hydrogen-bond donors (Lipinski definition) is 1. The van der Waals surface area contributed by atoms with Crippen LogP contribution in [0.1, 0.15) is 52.9 Å². The molecule has 3 nitrogen and oxygen atoms in total. The third-order valence-electron chi connectivity index (χ3n) is 4.24. The number of carbonyl (C=O) groups is 1. The van der Waals surface area contributed by atoms with Gasteiger partial charge in [-0.3, -0.25) is 4.79 Å². The van der Waals surface area contributed by atoms with Crippen LogP contribution < -0.4 is 5.32 Å². The summed E-state index contributed by atoms with van der Waals surface area (Å²) in [5.74, 6) is 0.136. The van der Waals surface area contributed by atoms with Gasteiger partial charge in [0.25, 0.3) is 0 Å². The van der Waals surface area contributed by atoms with Gasteiger partial charge in [-0.2, -0.15) is 0 Å². The first kappa shape index (κ1) is 12.9. The monoisotopic (exact) mass is 239 g/mol. The molecule has 2 fully saturated rings. The minimum atomic E-state index is 0.00839. The van der Waals surface area contributed by atoms with E-state index in [0.29, 0.717) is 24.1 Å². The molecule has 0 aromatic heterocycles. The van der Waals surface area contributed by atoms with E-state index in [1.54, 1.807) is 0 Å². The van der Waals surface area contributed by atoms with Crippen molar-refractivity contribution in [1.29, 1.82) is 0 Å². The van der Waals surface area contributed by atoms with Crippen LogP contribution in [0.4, 0.5) is 0 Å². The van der Waals surface area contributed by atoms with Crippen molar-refractivity contribution >= 4 is 5.97 Å². The zero-order valence-corrected chi connectivity index (χ0v) is 11.3. The summed E-state index contributed by atoms with van der Waals surface area (Å²) in [4.78, 5) is 11.7. The summed E-state index contributed by atoms with van der Waals surface area (Å²) in [6.07, 6.45) is 5.60. The van der Waals surface area contributed by atoms with Crippen LogP contribution in [0.25, 0.3) is 0 Å². The van der Waals surface area contributed by atoms with Crippen LogP contribution in [-0.2, 0) is 9.53 Å². The van der Waals surface area contributed by atoms with Gasteiger partial charge in [-0.1, -0.05) is 20.3 Å². The minimum absolute atomic E-state index is 0.00839. The van der Waals surface area contributed by atoms with Gasteiger partial charge in [-0.25, -0.2) is 0 Å². The first-order valence-corrected chi connectivity index (χ1v) is 6.95. The van der Waals surface area contributed by atoms with Gasteiger partial charge in [0.2, 0.25) is 0 Å². The van der Waals surface area contributed by atoms with Crippen molar-refractivity contribution in [1.82, 2.24) is 5.32 Å². The summed E-state index contributed by atoms with van der Waals surface area (Å²) in [6.45, 7) is 6.99. The van der Waals surface area contributed by atoms with Gasteiger partial charge in [0, 0.05) is 12.1 Å². The molecular formula is C14H25NO2. The highest BCUT2D eigenvalue weighted by atomic mass is 16.5. The van der Waals surface area contributed by atoms with E-state index in [2.05, 4.69) is 19.2 Å². The highest BCUT2D eigenvalue weighted by Crippen LogP contribution is 2.45. The van der Waals surface area contributed by atoms with Crippen molar-refractivity contribution in [3.63, 3.8) is 0 Å². The smallest absolute Gasteiger partial charge is 0.308 e. The van der Waals surface area contributed by atoms with Gasteiger partial charge < -0.3 is 10.1 Å². The Balaban J connectivity index is 1.79. The number of hydrogen-bond acceptors (Lipinski definition) is 3. The van der Waals surface area contributed by atoms with Crippen molar-refractivity contribution in [3.8, 4) is 0 Å². The van der Waals surface area contributed by atoms with E-state index in [1.807, 2.05) is 6.92 Å². The highest BCUT2D eigenvalue weighted by molar-refractivity contribution is 5.72. The Labute approximate surface area is 104 Å². The molecule has 0 aromatic carbocycles. The SMILES string of the molecule is CCOC(=O)C1CCCC(NC2CC2(C)C)C1. The van der Waals surface area contributed by atoms with Crippen molar-refractivity contribution in [2.45, 2.75) is 65.0 Å². The normalized spacial score (nSPS) is 35.4. The molecular weight excluding hydrogens is 214 g/mol. The maximum absolute atomic E-state index is 11.7. The maximum Gasteiger partial charge on any atom is 0.308 e. The van der Waals surface area contributed by atoms with Crippen LogP contribution in [0.5, 0.6) is 0 Å². The quantitative estimate of drug-likeness (QED) is 0.766. The third-order valence-corrected chi connectivity index (χ3v) is 4.24. The standard InChI is InChI=1S/C14H25NO2/c1-4-17-13(16)10-6-5-7-11(8-10)15-12-9-14(12,2)3/h10-12,15H,4-9H2,1-3H3. The summed E-state index contributed by atoms with van der Waals surface area (Å²) in [5, 5.41) is 3.70. The van der Waals surface area contributed by atoms with Gasteiger partial charge in [0.05, 0.1) is 12.5 Å². The highest BCUT2D eigenvalue weighted by Gasteiger charge is 2.46. The molecule has 2 saturated carbocycles. The summed E-state index contributed by atoms with van der Waals surface area (Å²) < 4.78 is 5.12. The summed E-state index contributed by atoms with van der Waals surface area (Å²) in [5.41, 5.74) is 0.469. The Morgan fingerprint density at radius 3 is 2.71 bits per heavy atom. The predicted molar refractivity (Wildman–Crippen MR) is 67.7 cm³/mol. The van der Waals surface area contributed by atoms with Crippen LogP contribution in [0.2, 0.25) is 0 Å². The van der Waals surface area contributed by atoms with Crippen molar-refractivity contribution in [2.24, 2.45) is 11.3 Å². The molecule has 0 heterocycles. The molecule has 0 bridgehead atoms. The Morgan fingerprint density at radius 1 is 1.41 bits per heavy atom. The van der Waals surface area contributed by atoms with Gasteiger partial charge in [0.15, 0.2) is 0 Å². The minimum Gasteiger partial charge on any atom is -0.466 e. The molecule has 17 heavy (non-hydrogen) atoms. The van der Waals surface area contributed by atoms with E-state index >= 15 is 0 Å². The molecule has 0 saturated heterocycles. The lowest BCUT2D eigenvalue weighted by molar-refractivity contribution is -0.149. The van der Waals surface area contributed by atoms with E-state index < -0.39 is 0 Å². The summed E-state index contributed by atoms with van der Waals surface area (Å²) in [7, 11) is 0. The lowest BCUT2D eigenvalue weighted by Gasteiger charge is -2.29. The molecule has 0 amide bonds. The Morgan fingerprint density at radius 2 is 2.12 bits per heavy atom. The van der Waals surface area contributed by atoms with Crippen molar-refractivity contribution in [2.75, 3.05) is 6.61 Å². The van der Waals surface area contributed by atoms with Crippen LogP contribution in [0.15, 0.2) is 0 Å². The average Bonchev–Trinajstić information content (AvgIpc) is 2.86. The third kappa shape index (κ3) is 3.21. The number of ether oxygens (including phenoxy) is 1. The molecule has 0 aliphatic heterocycles. The second kappa shape index (κ2) is 4.97. The summed E-state index contributed by atoms with van der Waals surface area (Å²) >= 11 is 0. The molecule has 1 N–H and O–H groups in total. The zero-order valence-electron chi connectivity index (χ0n) is 11.3. The molecule has 3 heteroatoms. The lowest BCUT2D eigenvalue weighted by Crippen LogP contribution is -2.39. The molecule has 0 spiro atoms. The Bertz CT molecular complexity index is 288. The second-order valence-electron chi connectivity index (χ2n) is 6.22. The number of carbonyl (C=O) groups excluding carboxylic acids is 1. The van der Waals surface area contributed by atoms with E-state index in [4.69, 9.17) is 4.74 Å². The fourth-order valence-corrected chi connectivity index (χ4v) is 2.85. The molecule has 0 aromatic rings. The molecule has 2 aliphatic rings. The molecule has 0 radical (unpaired) electrons. The van der Waals surface area contributed by atoms with Crippen LogP contribution >= 0.6 is 0 Å². The molecule has 3 unspecified atom stereocenters. The van der Waals surface area contributed by atoms with Gasteiger partial charge in [0.1, 0.15) is 0 Å². The number of rotatable bonds is 4. The maximum atomic E-state index is 11.7. The molecule has 98 valence electrons. The van der Waals surface area contributed by atoms with E-state index in [0.717, 1.165) is 19.3 Å². The first-order chi connectivity index (χ1) is 8.03. The van der Waals surface area contributed by atoms with Gasteiger partial charge in [-0.05, 0) is 38.0 Å². The lowest BCUT2D eigenvalue weighted by atomic mass is 9.85. The fourth-order valence-electron chi connectivity index (χ4n) is 2.85. The van der Waals surface area contributed by atoms with Crippen LogP contribution in [0, 0.1) is 11.3 Å². The number of nitrogens with one attached hydrogen (secondary N) is 1. The van der Waals surface area contributed by atoms with Gasteiger partial charge >= 0.3 is 5.97 Å². The second-order valence-corrected chi connectivity index (χ2v) is 6.22. The summed E-state index contributed by atoms with van der Waals surface area (Å²) in [6, 6.07) is 1.18. The van der Waals surface area contributed by atoms with Crippen molar-refractivity contribution in [3.05, 3.63) is 0 Å². The first-order valence-electron chi connectivity index (χ1n) is 6.95. The fraction of sp³-hybridized carbons (Fsp3) is 0.929. The Kier molecular flexibility index (Phi) is 3.76. The van der Waals surface area contributed by atoms with E-state index in [1.165, 1.54) is 12.8 Å². The van der Waals surface area contributed by atoms with Crippen LogP contribution in [-0.4, -0.2) is 24.7 Å². The molecule has 3 atom stereocenters. The van der Waals surface area contributed by atoms with Crippen LogP contribution in [0.3, 0.4) is 0 Å². The van der Waals surface area contributed by atoms with Crippen molar-refractivity contribution < 1.29 is 9.53 Å². The van der Waals surface area contributed by atoms with E-state index in [-0.39, 0.29) is 11.9 Å². The predicted octanol–water partition coefficient (Wildman–Crippen LogP) is 2.50.